The van der Waals surface area contributed by atoms with E-state index in [2.05, 4.69) is 18.6 Å². The molecule has 1 atom stereocenters. The highest BCUT2D eigenvalue weighted by Crippen LogP contribution is 2.37. The van der Waals surface area contributed by atoms with Crippen molar-refractivity contribution in [3.05, 3.63) is 35.4 Å². The Morgan fingerprint density at radius 3 is 2.65 bits per heavy atom. The van der Waals surface area contributed by atoms with Crippen molar-refractivity contribution < 1.29 is 13.5 Å². The summed E-state index contributed by atoms with van der Waals surface area (Å²) in [7, 11) is -3.35. The van der Waals surface area contributed by atoms with Gasteiger partial charge in [-0.3, -0.25) is 0 Å². The van der Waals surface area contributed by atoms with Gasteiger partial charge in [0.05, 0.1) is 12.4 Å². The highest BCUT2D eigenvalue weighted by molar-refractivity contribution is 7.88. The van der Waals surface area contributed by atoms with Crippen LogP contribution in [-0.2, 0) is 22.4 Å². The summed E-state index contributed by atoms with van der Waals surface area (Å²) >= 11 is 0. The van der Waals surface area contributed by atoms with Crippen LogP contribution in [0.4, 0.5) is 0 Å². The SMILES string of the molecule is CC1(C)CCCC1NS(=O)(=O)Cc1cccc(CO)c1. The number of rotatable bonds is 5. The van der Waals surface area contributed by atoms with Crippen molar-refractivity contribution in [3.63, 3.8) is 0 Å². The number of nitrogens with one attached hydrogen (secondary N) is 1. The lowest BCUT2D eigenvalue weighted by molar-refractivity contribution is 0.281. The summed E-state index contributed by atoms with van der Waals surface area (Å²) < 4.78 is 27.4. The van der Waals surface area contributed by atoms with E-state index >= 15 is 0 Å². The normalized spacial score (nSPS) is 22.1. The van der Waals surface area contributed by atoms with Crippen LogP contribution in [0.25, 0.3) is 0 Å². The van der Waals surface area contributed by atoms with E-state index in [0.717, 1.165) is 24.8 Å². The Labute approximate surface area is 121 Å². The molecule has 1 aromatic carbocycles. The van der Waals surface area contributed by atoms with Crippen LogP contribution in [0, 0.1) is 5.41 Å². The molecule has 1 aromatic rings. The van der Waals surface area contributed by atoms with Crippen LogP contribution in [0.3, 0.4) is 0 Å². The molecule has 1 fully saturated rings. The highest BCUT2D eigenvalue weighted by atomic mass is 32.2. The summed E-state index contributed by atoms with van der Waals surface area (Å²) in [4.78, 5) is 0. The largest absolute Gasteiger partial charge is 0.392 e. The molecule has 0 spiro atoms. The number of aliphatic hydroxyl groups is 1. The van der Waals surface area contributed by atoms with Crippen molar-refractivity contribution in [2.45, 2.75) is 51.5 Å². The minimum atomic E-state index is -3.35. The monoisotopic (exact) mass is 297 g/mol. The lowest BCUT2D eigenvalue weighted by atomic mass is 9.88. The van der Waals surface area contributed by atoms with Gasteiger partial charge in [0.15, 0.2) is 0 Å². The van der Waals surface area contributed by atoms with Crippen molar-refractivity contribution in [2.24, 2.45) is 5.41 Å². The Morgan fingerprint density at radius 1 is 1.35 bits per heavy atom. The molecule has 0 bridgehead atoms. The van der Waals surface area contributed by atoms with Gasteiger partial charge in [-0.25, -0.2) is 13.1 Å². The Hall–Kier alpha value is -0.910. The fourth-order valence-electron chi connectivity index (χ4n) is 2.84. The van der Waals surface area contributed by atoms with E-state index in [0.29, 0.717) is 5.56 Å². The summed E-state index contributed by atoms with van der Waals surface area (Å²) in [5.74, 6) is -0.0343. The van der Waals surface area contributed by atoms with Gasteiger partial charge in [0.25, 0.3) is 0 Å². The zero-order valence-corrected chi connectivity index (χ0v) is 12.9. The molecule has 5 heteroatoms. The third-order valence-electron chi connectivity index (χ3n) is 4.11. The predicted octanol–water partition coefficient (Wildman–Crippen LogP) is 2.18. The quantitative estimate of drug-likeness (QED) is 0.875. The second kappa shape index (κ2) is 5.84. The number of hydrogen-bond donors (Lipinski definition) is 2. The molecule has 2 rings (SSSR count). The van der Waals surface area contributed by atoms with Crippen molar-refractivity contribution in [1.82, 2.24) is 4.72 Å². The van der Waals surface area contributed by atoms with Gasteiger partial charge >= 0.3 is 0 Å². The average Bonchev–Trinajstić information content (AvgIpc) is 2.67. The Morgan fingerprint density at radius 2 is 2.05 bits per heavy atom. The molecule has 20 heavy (non-hydrogen) atoms. The van der Waals surface area contributed by atoms with Gasteiger partial charge in [-0.2, -0.15) is 0 Å². The zero-order valence-electron chi connectivity index (χ0n) is 12.1. The summed E-state index contributed by atoms with van der Waals surface area (Å²) in [6, 6.07) is 7.09. The number of sulfonamides is 1. The van der Waals surface area contributed by atoms with E-state index in [1.165, 1.54) is 0 Å². The molecule has 4 nitrogen and oxygen atoms in total. The summed E-state index contributed by atoms with van der Waals surface area (Å²) in [5.41, 5.74) is 1.47. The van der Waals surface area contributed by atoms with E-state index in [1.807, 2.05) is 0 Å². The van der Waals surface area contributed by atoms with E-state index in [4.69, 9.17) is 5.11 Å². The summed E-state index contributed by atoms with van der Waals surface area (Å²) in [6.07, 6.45) is 3.03. The molecule has 0 saturated heterocycles. The van der Waals surface area contributed by atoms with Crippen LogP contribution in [0.1, 0.15) is 44.2 Å². The molecule has 0 radical (unpaired) electrons. The third kappa shape index (κ3) is 3.81. The van der Waals surface area contributed by atoms with Gasteiger partial charge in [-0.15, -0.1) is 0 Å². The maximum absolute atomic E-state index is 12.3. The lowest BCUT2D eigenvalue weighted by Gasteiger charge is -2.27. The van der Waals surface area contributed by atoms with Crippen molar-refractivity contribution in [1.29, 1.82) is 0 Å². The van der Waals surface area contributed by atoms with Crippen LogP contribution < -0.4 is 4.72 Å². The van der Waals surface area contributed by atoms with E-state index in [9.17, 15) is 8.42 Å². The van der Waals surface area contributed by atoms with Gasteiger partial charge in [0.2, 0.25) is 10.0 Å². The summed E-state index contributed by atoms with van der Waals surface area (Å²) in [6.45, 7) is 4.15. The number of hydrogen-bond acceptors (Lipinski definition) is 3. The van der Waals surface area contributed by atoms with Crippen molar-refractivity contribution >= 4 is 10.0 Å². The van der Waals surface area contributed by atoms with Crippen LogP contribution in [-0.4, -0.2) is 19.6 Å². The smallest absolute Gasteiger partial charge is 0.216 e. The third-order valence-corrected chi connectivity index (χ3v) is 5.47. The standard InChI is InChI=1S/C15H23NO3S/c1-15(2)8-4-7-14(15)16-20(18,19)11-13-6-3-5-12(9-13)10-17/h3,5-6,9,14,16-17H,4,7-8,10-11H2,1-2H3. The lowest BCUT2D eigenvalue weighted by Crippen LogP contribution is -2.41. The predicted molar refractivity (Wildman–Crippen MR) is 79.5 cm³/mol. The number of aliphatic hydroxyl groups excluding tert-OH is 1. The molecule has 0 heterocycles. The molecule has 1 aliphatic carbocycles. The van der Waals surface area contributed by atoms with Crippen LogP contribution in [0.15, 0.2) is 24.3 Å². The number of benzene rings is 1. The average molecular weight is 297 g/mol. The van der Waals surface area contributed by atoms with Crippen LogP contribution >= 0.6 is 0 Å². The summed E-state index contributed by atoms with van der Waals surface area (Å²) in [5, 5.41) is 9.09. The molecule has 112 valence electrons. The first-order valence-electron chi connectivity index (χ1n) is 7.01. The van der Waals surface area contributed by atoms with Crippen LogP contribution in [0.5, 0.6) is 0 Å². The Kier molecular flexibility index (Phi) is 4.52. The first-order chi connectivity index (χ1) is 9.32. The van der Waals surface area contributed by atoms with E-state index in [1.54, 1.807) is 24.3 Å². The molecular weight excluding hydrogens is 274 g/mol. The molecule has 0 aliphatic heterocycles. The van der Waals surface area contributed by atoms with Crippen molar-refractivity contribution in [3.8, 4) is 0 Å². The molecule has 0 aromatic heterocycles. The second-order valence-corrected chi connectivity index (χ2v) is 8.04. The molecule has 1 unspecified atom stereocenters. The fourth-order valence-corrected chi connectivity index (χ4v) is 4.41. The molecule has 1 aliphatic rings. The van der Waals surface area contributed by atoms with E-state index in [-0.39, 0.29) is 23.8 Å². The maximum atomic E-state index is 12.3. The molecule has 0 amide bonds. The minimum Gasteiger partial charge on any atom is -0.392 e. The second-order valence-electron chi connectivity index (χ2n) is 6.29. The molecule has 2 N–H and O–H groups in total. The molecule has 1 saturated carbocycles. The topological polar surface area (TPSA) is 66.4 Å². The van der Waals surface area contributed by atoms with Crippen molar-refractivity contribution in [2.75, 3.05) is 0 Å². The highest BCUT2D eigenvalue weighted by Gasteiger charge is 2.36. The van der Waals surface area contributed by atoms with E-state index < -0.39 is 10.0 Å². The van der Waals surface area contributed by atoms with Crippen LogP contribution in [0.2, 0.25) is 0 Å². The first-order valence-corrected chi connectivity index (χ1v) is 8.66. The van der Waals surface area contributed by atoms with Gasteiger partial charge in [-0.1, -0.05) is 44.5 Å². The Bertz CT molecular complexity index is 566. The van der Waals surface area contributed by atoms with Gasteiger partial charge in [-0.05, 0) is 29.4 Å². The van der Waals surface area contributed by atoms with Gasteiger partial charge in [0.1, 0.15) is 0 Å². The maximum Gasteiger partial charge on any atom is 0.216 e. The minimum absolute atomic E-state index is 0.0218. The van der Waals surface area contributed by atoms with Gasteiger partial charge < -0.3 is 5.11 Å². The Balaban J connectivity index is 2.07. The molecular formula is C15H23NO3S. The van der Waals surface area contributed by atoms with Gasteiger partial charge in [0, 0.05) is 6.04 Å². The first kappa shape index (κ1) is 15.5. The zero-order chi connectivity index (χ0) is 14.8. The fraction of sp³-hybridized carbons (Fsp3) is 0.600.